The molecule has 1 amide bonds. The third kappa shape index (κ3) is 3.45. The summed E-state index contributed by atoms with van der Waals surface area (Å²) in [7, 11) is 0. The Hall–Kier alpha value is -0.220. The van der Waals surface area contributed by atoms with E-state index in [0.717, 1.165) is 6.42 Å². The molecule has 0 aliphatic carbocycles. The number of hydrazine groups is 1. The second-order valence-corrected chi connectivity index (χ2v) is 4.41. The van der Waals surface area contributed by atoms with E-state index in [-0.39, 0.29) is 5.91 Å². The van der Waals surface area contributed by atoms with Gasteiger partial charge in [0.2, 0.25) is 5.91 Å². The van der Waals surface area contributed by atoms with Crippen LogP contribution >= 0.6 is 11.8 Å². The molecule has 1 heterocycles. The molecule has 1 aliphatic heterocycles. The molecule has 0 spiro atoms. The Morgan fingerprint density at radius 2 is 2.33 bits per heavy atom. The van der Waals surface area contributed by atoms with Crippen molar-refractivity contribution in [2.24, 2.45) is 11.8 Å². The fourth-order valence-corrected chi connectivity index (χ4v) is 2.57. The van der Waals surface area contributed by atoms with Gasteiger partial charge in [-0.3, -0.25) is 10.2 Å². The zero-order chi connectivity index (χ0) is 8.81. The molecule has 3 N–H and O–H groups in total. The first-order chi connectivity index (χ1) is 5.83. The Labute approximate surface area is 77.4 Å². The van der Waals surface area contributed by atoms with Crippen LogP contribution in [-0.2, 0) is 4.79 Å². The van der Waals surface area contributed by atoms with Crippen LogP contribution in [0.25, 0.3) is 0 Å². The highest BCUT2D eigenvalue weighted by Crippen LogP contribution is 2.24. The Morgan fingerprint density at radius 1 is 1.50 bits per heavy atom. The van der Waals surface area contributed by atoms with E-state index in [0.29, 0.717) is 12.3 Å². The third-order valence-corrected chi connectivity index (χ3v) is 3.31. The maximum absolute atomic E-state index is 10.9. The molecule has 70 valence electrons. The van der Waals surface area contributed by atoms with Crippen LogP contribution in [-0.4, -0.2) is 17.4 Å². The van der Waals surface area contributed by atoms with Crippen molar-refractivity contribution in [1.29, 1.82) is 0 Å². The number of hydrogen-bond acceptors (Lipinski definition) is 3. The van der Waals surface area contributed by atoms with E-state index in [1.807, 2.05) is 11.8 Å². The molecule has 0 aromatic heterocycles. The summed E-state index contributed by atoms with van der Waals surface area (Å²) in [5, 5.41) is 0. The molecule has 1 atom stereocenters. The van der Waals surface area contributed by atoms with E-state index in [1.165, 1.54) is 24.3 Å². The average molecular weight is 188 g/mol. The quantitative estimate of drug-likeness (QED) is 0.384. The molecule has 0 radical (unpaired) electrons. The monoisotopic (exact) mass is 188 g/mol. The van der Waals surface area contributed by atoms with E-state index in [4.69, 9.17) is 5.84 Å². The normalized spacial score (nSPS) is 24.6. The van der Waals surface area contributed by atoms with Gasteiger partial charge in [0.1, 0.15) is 0 Å². The first-order valence-electron chi connectivity index (χ1n) is 4.40. The van der Waals surface area contributed by atoms with Crippen molar-refractivity contribution >= 4 is 17.7 Å². The lowest BCUT2D eigenvalue weighted by molar-refractivity contribution is -0.122. The van der Waals surface area contributed by atoms with Gasteiger partial charge in [-0.2, -0.15) is 11.8 Å². The highest BCUT2D eigenvalue weighted by molar-refractivity contribution is 7.99. The van der Waals surface area contributed by atoms with Gasteiger partial charge in [0, 0.05) is 6.42 Å². The second kappa shape index (κ2) is 5.43. The van der Waals surface area contributed by atoms with Crippen LogP contribution < -0.4 is 11.3 Å². The molecule has 4 heteroatoms. The number of thioether (sulfide) groups is 1. The summed E-state index contributed by atoms with van der Waals surface area (Å²) in [5.74, 6) is 8.01. The highest BCUT2D eigenvalue weighted by Gasteiger charge is 2.15. The Balaban J connectivity index is 2.24. The summed E-state index contributed by atoms with van der Waals surface area (Å²) in [6, 6.07) is 0. The van der Waals surface area contributed by atoms with E-state index >= 15 is 0 Å². The zero-order valence-corrected chi connectivity index (χ0v) is 8.03. The number of nitrogens with one attached hydrogen (secondary N) is 1. The first-order valence-corrected chi connectivity index (χ1v) is 5.55. The summed E-state index contributed by atoms with van der Waals surface area (Å²) in [6.07, 6.45) is 4.20. The van der Waals surface area contributed by atoms with Crippen LogP contribution in [0.5, 0.6) is 0 Å². The van der Waals surface area contributed by atoms with Crippen LogP contribution in [0, 0.1) is 5.92 Å². The van der Waals surface area contributed by atoms with Crippen LogP contribution in [0.4, 0.5) is 0 Å². The van der Waals surface area contributed by atoms with Crippen molar-refractivity contribution in [3.63, 3.8) is 0 Å². The van der Waals surface area contributed by atoms with Crippen LogP contribution in [0.3, 0.4) is 0 Å². The SMILES string of the molecule is NNC(=O)CC1CCCSCC1. The van der Waals surface area contributed by atoms with Gasteiger partial charge in [-0.15, -0.1) is 0 Å². The fourth-order valence-electron chi connectivity index (χ4n) is 1.50. The van der Waals surface area contributed by atoms with Gasteiger partial charge in [0.25, 0.3) is 0 Å². The first kappa shape index (κ1) is 9.86. The van der Waals surface area contributed by atoms with Gasteiger partial charge < -0.3 is 0 Å². The smallest absolute Gasteiger partial charge is 0.234 e. The van der Waals surface area contributed by atoms with Crippen molar-refractivity contribution in [2.45, 2.75) is 25.7 Å². The number of rotatable bonds is 2. The Bertz CT molecular complexity index is 144. The number of carbonyl (C=O) groups excluding carboxylic acids is 1. The van der Waals surface area contributed by atoms with Gasteiger partial charge in [0.05, 0.1) is 0 Å². The van der Waals surface area contributed by atoms with Crippen LogP contribution in [0.2, 0.25) is 0 Å². The second-order valence-electron chi connectivity index (χ2n) is 3.18. The van der Waals surface area contributed by atoms with Crippen molar-refractivity contribution in [3.05, 3.63) is 0 Å². The molecule has 0 saturated carbocycles. The zero-order valence-electron chi connectivity index (χ0n) is 7.21. The van der Waals surface area contributed by atoms with Crippen LogP contribution in [0.15, 0.2) is 0 Å². The predicted molar refractivity (Wildman–Crippen MR) is 51.6 cm³/mol. The molecular weight excluding hydrogens is 172 g/mol. The third-order valence-electron chi connectivity index (χ3n) is 2.21. The summed E-state index contributed by atoms with van der Waals surface area (Å²) in [4.78, 5) is 10.9. The summed E-state index contributed by atoms with van der Waals surface area (Å²) < 4.78 is 0. The van der Waals surface area contributed by atoms with Crippen molar-refractivity contribution in [1.82, 2.24) is 5.43 Å². The summed E-state index contributed by atoms with van der Waals surface area (Å²) >= 11 is 1.99. The van der Waals surface area contributed by atoms with E-state index < -0.39 is 0 Å². The molecule has 1 aliphatic rings. The minimum Gasteiger partial charge on any atom is -0.294 e. The molecule has 1 rings (SSSR count). The summed E-state index contributed by atoms with van der Waals surface area (Å²) in [6.45, 7) is 0. The summed E-state index contributed by atoms with van der Waals surface area (Å²) in [5.41, 5.74) is 2.19. The highest BCUT2D eigenvalue weighted by atomic mass is 32.2. The van der Waals surface area contributed by atoms with E-state index in [9.17, 15) is 4.79 Å². The molecule has 1 fully saturated rings. The minimum absolute atomic E-state index is 0.0214. The van der Waals surface area contributed by atoms with Crippen molar-refractivity contribution < 1.29 is 4.79 Å². The molecule has 1 unspecified atom stereocenters. The maximum Gasteiger partial charge on any atom is 0.234 e. The molecule has 1 saturated heterocycles. The standard InChI is InChI=1S/C8H16N2OS/c9-10-8(11)6-7-2-1-4-12-5-3-7/h7H,1-6,9H2,(H,10,11). The molecule has 0 aromatic rings. The average Bonchev–Trinajstić information content (AvgIpc) is 2.33. The molecule has 0 aromatic carbocycles. The number of hydrogen-bond donors (Lipinski definition) is 2. The molecule has 12 heavy (non-hydrogen) atoms. The Kier molecular flexibility index (Phi) is 4.46. The van der Waals surface area contributed by atoms with E-state index in [1.54, 1.807) is 0 Å². The van der Waals surface area contributed by atoms with Gasteiger partial charge in [-0.05, 0) is 36.7 Å². The lowest BCUT2D eigenvalue weighted by Crippen LogP contribution is -2.31. The van der Waals surface area contributed by atoms with Gasteiger partial charge in [0.15, 0.2) is 0 Å². The van der Waals surface area contributed by atoms with Crippen molar-refractivity contribution in [3.8, 4) is 0 Å². The Morgan fingerprint density at radius 3 is 3.08 bits per heavy atom. The number of amides is 1. The van der Waals surface area contributed by atoms with Gasteiger partial charge in [-0.25, -0.2) is 5.84 Å². The van der Waals surface area contributed by atoms with Crippen molar-refractivity contribution in [2.75, 3.05) is 11.5 Å². The fraction of sp³-hybridized carbons (Fsp3) is 0.875. The predicted octanol–water partition coefficient (Wildman–Crippen LogP) is 0.900. The molecule has 0 bridgehead atoms. The minimum atomic E-state index is -0.0214. The van der Waals surface area contributed by atoms with E-state index in [2.05, 4.69) is 5.43 Å². The van der Waals surface area contributed by atoms with Crippen LogP contribution in [0.1, 0.15) is 25.7 Å². The van der Waals surface area contributed by atoms with Gasteiger partial charge in [-0.1, -0.05) is 0 Å². The lowest BCUT2D eigenvalue weighted by Gasteiger charge is -2.11. The lowest BCUT2D eigenvalue weighted by atomic mass is 9.97. The molecule has 3 nitrogen and oxygen atoms in total. The maximum atomic E-state index is 10.9. The number of nitrogens with two attached hydrogens (primary N) is 1. The molecular formula is C8H16N2OS. The number of carbonyl (C=O) groups is 1. The topological polar surface area (TPSA) is 55.1 Å². The largest absolute Gasteiger partial charge is 0.294 e. The van der Waals surface area contributed by atoms with Gasteiger partial charge >= 0.3 is 0 Å².